The molecule has 0 atom stereocenters. The highest BCUT2D eigenvalue weighted by atomic mass is 16.6. The maximum atomic E-state index is 11.8. The van der Waals surface area contributed by atoms with Crippen molar-refractivity contribution in [2.45, 2.75) is 18.9 Å². The summed E-state index contributed by atoms with van der Waals surface area (Å²) in [6, 6.07) is 0. The number of aromatic amines is 1. The van der Waals surface area contributed by atoms with Crippen LogP contribution in [0.25, 0.3) is 11.0 Å². The lowest BCUT2D eigenvalue weighted by Gasteiger charge is -2.47. The van der Waals surface area contributed by atoms with Gasteiger partial charge in [-0.2, -0.15) is 0 Å². The van der Waals surface area contributed by atoms with Crippen molar-refractivity contribution < 1.29 is 14.3 Å². The van der Waals surface area contributed by atoms with E-state index in [1.165, 1.54) is 20.5 Å². The second kappa shape index (κ2) is 5.00. The molecule has 1 aliphatic rings. The lowest BCUT2D eigenvalue weighted by molar-refractivity contribution is -0.169. The average Bonchev–Trinajstić information content (AvgIpc) is 2.90. The van der Waals surface area contributed by atoms with Gasteiger partial charge < -0.3 is 19.4 Å². The fraction of sp³-hybridized carbons (Fsp3) is 0.500. The van der Waals surface area contributed by atoms with Gasteiger partial charge in [-0.05, 0) is 12.0 Å². The molecule has 3 rings (SSSR count). The Balaban J connectivity index is 1.94. The summed E-state index contributed by atoms with van der Waals surface area (Å²) >= 11 is 0. The molecule has 0 radical (unpaired) electrons. The van der Waals surface area contributed by atoms with Crippen molar-refractivity contribution in [3.8, 4) is 0 Å². The number of esters is 1. The zero-order valence-corrected chi connectivity index (χ0v) is 12.3. The number of hydrogen-bond donors (Lipinski definition) is 1. The molecule has 7 heteroatoms. The van der Waals surface area contributed by atoms with Crippen molar-refractivity contribution in [1.29, 1.82) is 0 Å². The van der Waals surface area contributed by atoms with E-state index in [1.54, 1.807) is 0 Å². The van der Waals surface area contributed by atoms with E-state index in [4.69, 9.17) is 9.47 Å². The summed E-state index contributed by atoms with van der Waals surface area (Å²) in [4.78, 5) is 25.6. The first-order valence-corrected chi connectivity index (χ1v) is 6.84. The molecule has 1 fully saturated rings. The van der Waals surface area contributed by atoms with Gasteiger partial charge >= 0.3 is 5.97 Å². The van der Waals surface area contributed by atoms with E-state index in [1.807, 2.05) is 11.1 Å². The predicted molar refractivity (Wildman–Crippen MR) is 77.2 cm³/mol. The van der Waals surface area contributed by atoms with Gasteiger partial charge in [0.15, 0.2) is 5.60 Å². The number of hydrogen-bond acceptors (Lipinski definition) is 6. The molecule has 2 aromatic heterocycles. The average molecular weight is 290 g/mol. The molecule has 0 spiro atoms. The normalized spacial score (nSPS) is 16.8. The van der Waals surface area contributed by atoms with Crippen LogP contribution in [-0.2, 0) is 20.7 Å². The zero-order chi connectivity index (χ0) is 15.0. The van der Waals surface area contributed by atoms with E-state index >= 15 is 0 Å². The second-order valence-electron chi connectivity index (χ2n) is 5.13. The Kier molecular flexibility index (Phi) is 3.29. The number of methoxy groups -OCH3 is 2. The maximum Gasteiger partial charge on any atom is 0.341 e. The van der Waals surface area contributed by atoms with Gasteiger partial charge in [0.05, 0.1) is 25.6 Å². The van der Waals surface area contributed by atoms with Gasteiger partial charge in [-0.3, -0.25) is 0 Å². The largest absolute Gasteiger partial charge is 0.467 e. The van der Waals surface area contributed by atoms with E-state index in [-0.39, 0.29) is 5.97 Å². The lowest BCUT2D eigenvalue weighted by atomic mass is 9.93. The van der Waals surface area contributed by atoms with Crippen molar-refractivity contribution in [3.05, 3.63) is 18.1 Å². The van der Waals surface area contributed by atoms with Crippen LogP contribution in [0.5, 0.6) is 0 Å². The minimum absolute atomic E-state index is 0.351. The van der Waals surface area contributed by atoms with E-state index in [2.05, 4.69) is 21.9 Å². The molecule has 21 heavy (non-hydrogen) atoms. The quantitative estimate of drug-likeness (QED) is 0.843. The maximum absolute atomic E-state index is 11.8. The number of ether oxygens (including phenoxy) is 2. The van der Waals surface area contributed by atoms with E-state index in [9.17, 15) is 4.79 Å². The van der Waals surface area contributed by atoms with Crippen molar-refractivity contribution in [2.75, 3.05) is 32.2 Å². The highest BCUT2D eigenvalue weighted by Gasteiger charge is 2.52. The molecule has 0 aliphatic carbocycles. The number of fused-ring (bicyclic) bond motifs is 1. The van der Waals surface area contributed by atoms with Crippen molar-refractivity contribution in [1.82, 2.24) is 15.0 Å². The third kappa shape index (κ3) is 1.96. The Morgan fingerprint density at radius 2 is 2.19 bits per heavy atom. The molecule has 0 aromatic carbocycles. The standard InChI is InChI=1S/C14H18N4O3/c1-4-9-5-15-11-10(9)12(17-8-16-11)18-6-14(7-18,21-3)13(19)20-2/h5,8H,4,6-7H2,1-3H3,(H,15,16,17). The monoisotopic (exact) mass is 290 g/mol. The molecule has 0 bridgehead atoms. The number of carbonyl (C=O) groups is 1. The summed E-state index contributed by atoms with van der Waals surface area (Å²) in [6.45, 7) is 2.94. The van der Waals surface area contributed by atoms with Gasteiger partial charge in [0.1, 0.15) is 17.8 Å². The lowest BCUT2D eigenvalue weighted by Crippen LogP contribution is -2.68. The molecule has 0 amide bonds. The summed E-state index contributed by atoms with van der Waals surface area (Å²) in [5, 5.41) is 1.01. The first-order valence-electron chi connectivity index (χ1n) is 6.84. The van der Waals surface area contributed by atoms with Crippen LogP contribution in [0.4, 0.5) is 5.82 Å². The second-order valence-corrected chi connectivity index (χ2v) is 5.13. The molecule has 2 aromatic rings. The smallest absolute Gasteiger partial charge is 0.341 e. The predicted octanol–water partition coefficient (Wildman–Crippen LogP) is 0.898. The summed E-state index contributed by atoms with van der Waals surface area (Å²) < 4.78 is 10.2. The molecule has 1 N–H and O–H groups in total. The number of nitrogens with one attached hydrogen (secondary N) is 1. The molecule has 0 saturated carbocycles. The molecule has 1 aliphatic heterocycles. The van der Waals surface area contributed by atoms with Gasteiger partial charge in [-0.25, -0.2) is 14.8 Å². The fourth-order valence-electron chi connectivity index (χ4n) is 2.78. The highest BCUT2D eigenvalue weighted by molar-refractivity contribution is 5.93. The zero-order valence-electron chi connectivity index (χ0n) is 12.3. The van der Waals surface area contributed by atoms with Gasteiger partial charge in [0.2, 0.25) is 0 Å². The van der Waals surface area contributed by atoms with Gasteiger partial charge in [-0.15, -0.1) is 0 Å². The highest BCUT2D eigenvalue weighted by Crippen LogP contribution is 2.34. The van der Waals surface area contributed by atoms with Crippen LogP contribution in [0.15, 0.2) is 12.5 Å². The topological polar surface area (TPSA) is 80.3 Å². The Hall–Kier alpha value is -2.15. The first kappa shape index (κ1) is 13.8. The minimum Gasteiger partial charge on any atom is -0.467 e. The van der Waals surface area contributed by atoms with Crippen LogP contribution < -0.4 is 4.90 Å². The van der Waals surface area contributed by atoms with Crippen molar-refractivity contribution in [3.63, 3.8) is 0 Å². The molecule has 1 saturated heterocycles. The number of anilines is 1. The number of carbonyl (C=O) groups excluding carboxylic acids is 1. The Morgan fingerprint density at radius 1 is 1.43 bits per heavy atom. The third-order valence-corrected chi connectivity index (χ3v) is 4.05. The van der Waals surface area contributed by atoms with E-state index in [0.717, 1.165) is 28.8 Å². The van der Waals surface area contributed by atoms with Crippen LogP contribution in [0.1, 0.15) is 12.5 Å². The Labute approximate surface area is 122 Å². The Bertz CT molecular complexity index is 676. The number of rotatable bonds is 4. The van der Waals surface area contributed by atoms with Gasteiger partial charge in [-0.1, -0.05) is 6.92 Å². The van der Waals surface area contributed by atoms with Crippen LogP contribution in [0.3, 0.4) is 0 Å². The molecule has 3 heterocycles. The summed E-state index contributed by atoms with van der Waals surface area (Å²) in [7, 11) is 2.90. The Morgan fingerprint density at radius 3 is 2.81 bits per heavy atom. The fourth-order valence-corrected chi connectivity index (χ4v) is 2.78. The molecular weight excluding hydrogens is 272 g/mol. The molecule has 0 unspecified atom stereocenters. The van der Waals surface area contributed by atoms with Crippen LogP contribution in [0, 0.1) is 0 Å². The molecule has 112 valence electrons. The van der Waals surface area contributed by atoms with Crippen LogP contribution >= 0.6 is 0 Å². The summed E-state index contributed by atoms with van der Waals surface area (Å²) in [6.07, 6.45) is 4.37. The van der Waals surface area contributed by atoms with Gasteiger partial charge in [0, 0.05) is 13.3 Å². The summed E-state index contributed by atoms with van der Waals surface area (Å²) in [5.41, 5.74) is 1.08. The number of aryl methyl sites for hydroxylation is 1. The molecule has 7 nitrogen and oxygen atoms in total. The van der Waals surface area contributed by atoms with Crippen molar-refractivity contribution in [2.24, 2.45) is 0 Å². The van der Waals surface area contributed by atoms with Crippen molar-refractivity contribution >= 4 is 22.8 Å². The summed E-state index contributed by atoms with van der Waals surface area (Å²) in [5.74, 6) is 0.478. The number of H-pyrrole nitrogens is 1. The van der Waals surface area contributed by atoms with Gasteiger partial charge in [0.25, 0.3) is 0 Å². The molecular formula is C14H18N4O3. The SMILES string of the molecule is CCc1c[nH]c2ncnc(N3CC(OC)(C(=O)OC)C3)c12. The first-order chi connectivity index (χ1) is 10.1. The number of aromatic nitrogens is 3. The third-order valence-electron chi connectivity index (χ3n) is 4.05. The number of nitrogens with zero attached hydrogens (tertiary/aromatic N) is 3. The van der Waals surface area contributed by atoms with Crippen LogP contribution in [0.2, 0.25) is 0 Å². The minimum atomic E-state index is -0.894. The van der Waals surface area contributed by atoms with E-state index < -0.39 is 5.60 Å². The van der Waals surface area contributed by atoms with Crippen LogP contribution in [-0.4, -0.2) is 53.8 Å². The van der Waals surface area contributed by atoms with E-state index in [0.29, 0.717) is 13.1 Å².